The molecule has 2 aliphatic rings. The maximum atomic E-state index is 13.6. The summed E-state index contributed by atoms with van der Waals surface area (Å²) in [4.78, 5) is 15.6. The molecule has 2 aromatic rings. The molecular weight excluding hydrogens is 397 g/mol. The second-order valence-corrected chi connectivity index (χ2v) is 11.3. The highest BCUT2D eigenvalue weighted by Gasteiger charge is 2.52. The van der Waals surface area contributed by atoms with Gasteiger partial charge >= 0.3 is 7.12 Å². The minimum atomic E-state index is -0.442. The molecule has 0 atom stereocenters. The van der Waals surface area contributed by atoms with Gasteiger partial charge in [-0.15, -0.1) is 0 Å². The zero-order valence-electron chi connectivity index (χ0n) is 20.8. The van der Waals surface area contributed by atoms with Crippen molar-refractivity contribution in [3.05, 3.63) is 59.2 Å². The third kappa shape index (κ3) is 4.13. The summed E-state index contributed by atoms with van der Waals surface area (Å²) in [7, 11) is -0.442. The van der Waals surface area contributed by atoms with E-state index in [0.29, 0.717) is 0 Å². The Morgan fingerprint density at radius 1 is 0.969 bits per heavy atom. The molecule has 2 aromatic carbocycles. The molecule has 4 rings (SSSR count). The van der Waals surface area contributed by atoms with Crippen molar-refractivity contribution in [2.75, 3.05) is 4.90 Å². The van der Waals surface area contributed by atoms with Crippen LogP contribution in [-0.2, 0) is 14.7 Å². The Balaban J connectivity index is 1.67. The Kier molecular flexibility index (Phi) is 5.58. The van der Waals surface area contributed by atoms with E-state index in [1.807, 2.05) is 29.2 Å². The van der Waals surface area contributed by atoms with Crippen molar-refractivity contribution in [2.45, 2.75) is 90.9 Å². The van der Waals surface area contributed by atoms with Gasteiger partial charge in [0.15, 0.2) is 0 Å². The summed E-state index contributed by atoms with van der Waals surface area (Å²) in [5.41, 5.74) is 4.19. The van der Waals surface area contributed by atoms with Crippen LogP contribution in [0.3, 0.4) is 0 Å². The lowest BCUT2D eigenvalue weighted by molar-refractivity contribution is 0.00578. The van der Waals surface area contributed by atoms with Gasteiger partial charge in [-0.05, 0) is 87.7 Å². The molecule has 170 valence electrons. The normalized spacial score (nSPS) is 19.8. The molecule has 2 fully saturated rings. The summed E-state index contributed by atoms with van der Waals surface area (Å²) in [5, 5.41) is 0. The molecule has 1 aliphatic heterocycles. The molecule has 1 saturated heterocycles. The first-order valence-electron chi connectivity index (χ1n) is 11.7. The van der Waals surface area contributed by atoms with Gasteiger partial charge in [0.2, 0.25) is 0 Å². The number of amides is 1. The molecular formula is C27H36BNO3. The van der Waals surface area contributed by atoms with Crippen molar-refractivity contribution in [2.24, 2.45) is 0 Å². The van der Waals surface area contributed by atoms with Crippen LogP contribution in [0.25, 0.3) is 0 Å². The standard InChI is InChI=1S/C27H36BNO3/c1-18-22(28-31-26(5,6)27(7,8)32-28)10-9-11-23(18)29(21-16-17-21)24(30)19-12-14-20(15-13-19)25(2,3)4/h9-15,21H,16-17H2,1-8H3. The Bertz CT molecular complexity index is 1000. The lowest BCUT2D eigenvalue weighted by atomic mass is 9.75. The van der Waals surface area contributed by atoms with E-state index in [0.717, 1.165) is 35.1 Å². The van der Waals surface area contributed by atoms with Gasteiger partial charge in [0, 0.05) is 17.3 Å². The van der Waals surface area contributed by atoms with Crippen LogP contribution in [0.1, 0.15) is 82.8 Å². The maximum absolute atomic E-state index is 13.6. The van der Waals surface area contributed by atoms with Crippen LogP contribution < -0.4 is 10.4 Å². The highest BCUT2D eigenvalue weighted by Crippen LogP contribution is 2.38. The largest absolute Gasteiger partial charge is 0.495 e. The predicted molar refractivity (Wildman–Crippen MR) is 132 cm³/mol. The third-order valence-corrected chi connectivity index (χ3v) is 7.24. The molecule has 0 spiro atoms. The van der Waals surface area contributed by atoms with Crippen LogP contribution in [0.2, 0.25) is 0 Å². The zero-order chi connectivity index (χ0) is 23.5. The predicted octanol–water partition coefficient (Wildman–Crippen LogP) is 5.40. The molecule has 0 N–H and O–H groups in total. The van der Waals surface area contributed by atoms with Crippen LogP contribution in [0.5, 0.6) is 0 Å². The average Bonchev–Trinajstić information content (AvgIpc) is 3.49. The van der Waals surface area contributed by atoms with Crippen LogP contribution in [0, 0.1) is 6.92 Å². The van der Waals surface area contributed by atoms with E-state index >= 15 is 0 Å². The summed E-state index contributed by atoms with van der Waals surface area (Å²) >= 11 is 0. The molecule has 4 nitrogen and oxygen atoms in total. The highest BCUT2D eigenvalue weighted by molar-refractivity contribution is 6.62. The van der Waals surface area contributed by atoms with Crippen LogP contribution in [0.15, 0.2) is 42.5 Å². The summed E-state index contributed by atoms with van der Waals surface area (Å²) < 4.78 is 12.6. The fraction of sp³-hybridized carbons (Fsp3) is 0.519. The van der Waals surface area contributed by atoms with E-state index in [9.17, 15) is 4.79 Å². The minimum Gasteiger partial charge on any atom is -0.399 e. The number of carbonyl (C=O) groups excluding carboxylic acids is 1. The molecule has 5 heteroatoms. The smallest absolute Gasteiger partial charge is 0.399 e. The number of carbonyl (C=O) groups is 1. The minimum absolute atomic E-state index is 0.0575. The molecule has 0 bridgehead atoms. The summed E-state index contributed by atoms with van der Waals surface area (Å²) in [6.07, 6.45) is 2.07. The SMILES string of the molecule is Cc1c(B2OC(C)(C)C(C)(C)O2)cccc1N(C(=O)c1ccc(C(C)(C)C)cc1)C1CC1. The summed E-state index contributed by atoms with van der Waals surface area (Å²) in [5.74, 6) is 0.0575. The summed E-state index contributed by atoms with van der Waals surface area (Å²) in [6.45, 7) is 16.9. The number of anilines is 1. The average molecular weight is 433 g/mol. The van der Waals surface area contributed by atoms with Gasteiger partial charge in [-0.3, -0.25) is 4.79 Å². The van der Waals surface area contributed by atoms with E-state index in [4.69, 9.17) is 9.31 Å². The van der Waals surface area contributed by atoms with Gasteiger partial charge in [0.25, 0.3) is 5.91 Å². The topological polar surface area (TPSA) is 38.8 Å². The second-order valence-electron chi connectivity index (χ2n) is 11.3. The molecule has 0 aromatic heterocycles. The molecule has 0 unspecified atom stereocenters. The number of nitrogens with zero attached hydrogens (tertiary/aromatic N) is 1. The van der Waals surface area contributed by atoms with Crippen molar-refractivity contribution in [1.82, 2.24) is 0 Å². The Morgan fingerprint density at radius 2 is 1.53 bits per heavy atom. The quantitative estimate of drug-likeness (QED) is 0.606. The van der Waals surface area contributed by atoms with E-state index in [-0.39, 0.29) is 17.4 Å². The van der Waals surface area contributed by atoms with Gasteiger partial charge in [-0.1, -0.05) is 45.0 Å². The van der Waals surface area contributed by atoms with Gasteiger partial charge in [0.05, 0.1) is 11.2 Å². The number of hydrogen-bond acceptors (Lipinski definition) is 3. The number of rotatable bonds is 4. The van der Waals surface area contributed by atoms with Crippen LogP contribution >= 0.6 is 0 Å². The molecule has 0 radical (unpaired) electrons. The Hall–Kier alpha value is -2.11. The van der Waals surface area contributed by atoms with E-state index in [1.165, 1.54) is 5.56 Å². The fourth-order valence-corrected chi connectivity index (χ4v) is 4.18. The first-order valence-corrected chi connectivity index (χ1v) is 11.7. The molecule has 1 saturated carbocycles. The maximum Gasteiger partial charge on any atom is 0.495 e. The van der Waals surface area contributed by atoms with Crippen LogP contribution in [0.4, 0.5) is 5.69 Å². The molecule has 32 heavy (non-hydrogen) atoms. The first-order chi connectivity index (χ1) is 14.8. The van der Waals surface area contributed by atoms with Gasteiger partial charge in [0.1, 0.15) is 0 Å². The monoisotopic (exact) mass is 433 g/mol. The zero-order valence-corrected chi connectivity index (χ0v) is 20.8. The fourth-order valence-electron chi connectivity index (χ4n) is 4.18. The number of hydrogen-bond donors (Lipinski definition) is 0. The van der Waals surface area contributed by atoms with Crippen molar-refractivity contribution < 1.29 is 14.1 Å². The first kappa shape index (κ1) is 23.1. The Labute approximate surface area is 193 Å². The van der Waals surface area contributed by atoms with E-state index < -0.39 is 18.3 Å². The Morgan fingerprint density at radius 3 is 2.03 bits per heavy atom. The van der Waals surface area contributed by atoms with Crippen molar-refractivity contribution in [1.29, 1.82) is 0 Å². The molecule has 1 aliphatic carbocycles. The number of benzene rings is 2. The van der Waals surface area contributed by atoms with E-state index in [2.05, 4.69) is 73.6 Å². The van der Waals surface area contributed by atoms with Crippen molar-refractivity contribution in [3.8, 4) is 0 Å². The van der Waals surface area contributed by atoms with Crippen molar-refractivity contribution >= 4 is 24.2 Å². The summed E-state index contributed by atoms with van der Waals surface area (Å²) in [6, 6.07) is 14.4. The van der Waals surface area contributed by atoms with Gasteiger partial charge in [-0.25, -0.2) is 0 Å². The lowest BCUT2D eigenvalue weighted by Crippen LogP contribution is -2.41. The van der Waals surface area contributed by atoms with E-state index in [1.54, 1.807) is 0 Å². The third-order valence-electron chi connectivity index (χ3n) is 7.24. The highest BCUT2D eigenvalue weighted by atomic mass is 16.7. The lowest BCUT2D eigenvalue weighted by Gasteiger charge is -2.32. The van der Waals surface area contributed by atoms with Gasteiger partial charge < -0.3 is 14.2 Å². The second kappa shape index (κ2) is 7.74. The van der Waals surface area contributed by atoms with Crippen molar-refractivity contribution in [3.63, 3.8) is 0 Å². The molecule has 1 heterocycles. The van der Waals surface area contributed by atoms with Gasteiger partial charge in [-0.2, -0.15) is 0 Å². The van der Waals surface area contributed by atoms with Crippen LogP contribution in [-0.4, -0.2) is 30.3 Å². The molecule has 1 amide bonds.